The van der Waals surface area contributed by atoms with Crippen LogP contribution in [0.2, 0.25) is 0 Å². The molecule has 0 saturated heterocycles. The van der Waals surface area contributed by atoms with Gasteiger partial charge in [0.15, 0.2) is 11.5 Å². The molecule has 5 nitrogen and oxygen atoms in total. The zero-order chi connectivity index (χ0) is 16.5. The minimum atomic E-state index is 0.737. The lowest BCUT2D eigenvalue weighted by molar-refractivity contribution is 0.416. The molecule has 0 spiro atoms. The number of methoxy groups -OCH3 is 1. The lowest BCUT2D eigenvalue weighted by atomic mass is 10.1. The van der Waals surface area contributed by atoms with Crippen molar-refractivity contribution in [3.8, 4) is 28.3 Å². The predicted molar refractivity (Wildman–Crippen MR) is 94.8 cm³/mol. The Kier molecular flexibility index (Phi) is 3.39. The molecule has 0 aliphatic heterocycles. The van der Waals surface area contributed by atoms with Gasteiger partial charge >= 0.3 is 0 Å². The number of rotatable bonds is 3. The van der Waals surface area contributed by atoms with Gasteiger partial charge in [0.1, 0.15) is 5.75 Å². The van der Waals surface area contributed by atoms with Crippen molar-refractivity contribution in [2.75, 3.05) is 12.8 Å². The van der Waals surface area contributed by atoms with Crippen molar-refractivity contribution in [2.24, 2.45) is 0 Å². The molecule has 0 aliphatic rings. The number of nitrogens with zero attached hydrogens (tertiary/aromatic N) is 3. The normalized spacial score (nSPS) is 10.9. The maximum Gasteiger partial charge on any atom is 0.172 e. The van der Waals surface area contributed by atoms with Crippen LogP contribution in [0.4, 0.5) is 5.69 Å². The summed E-state index contributed by atoms with van der Waals surface area (Å²) in [6, 6.07) is 19.6. The summed E-state index contributed by atoms with van der Waals surface area (Å²) < 4.78 is 7.42. The van der Waals surface area contributed by atoms with E-state index in [-0.39, 0.29) is 0 Å². The van der Waals surface area contributed by atoms with E-state index in [1.807, 2.05) is 71.3 Å². The lowest BCUT2D eigenvalue weighted by Gasteiger charge is -2.08. The van der Waals surface area contributed by atoms with Crippen LogP contribution in [0.3, 0.4) is 0 Å². The van der Waals surface area contributed by atoms with Gasteiger partial charge in [0.05, 0.1) is 12.7 Å². The van der Waals surface area contributed by atoms with Gasteiger partial charge in [0.25, 0.3) is 0 Å². The van der Waals surface area contributed by atoms with Gasteiger partial charge in [-0.3, -0.25) is 4.40 Å². The number of nitrogen functional groups attached to an aromatic ring is 1. The van der Waals surface area contributed by atoms with Crippen LogP contribution in [0.25, 0.3) is 28.2 Å². The van der Waals surface area contributed by atoms with E-state index in [9.17, 15) is 0 Å². The number of benzene rings is 2. The Morgan fingerprint density at radius 2 is 1.79 bits per heavy atom. The summed E-state index contributed by atoms with van der Waals surface area (Å²) in [5.74, 6) is 1.51. The molecule has 4 aromatic rings. The Hall–Kier alpha value is -3.34. The average Bonchev–Trinajstić information content (AvgIpc) is 3.04. The number of fused-ring (bicyclic) bond motifs is 1. The largest absolute Gasteiger partial charge is 0.496 e. The predicted octanol–water partition coefficient (Wildman–Crippen LogP) is 3.65. The highest BCUT2D eigenvalue weighted by molar-refractivity contribution is 5.71. The third-order valence-electron chi connectivity index (χ3n) is 3.97. The van der Waals surface area contributed by atoms with Gasteiger partial charge in [-0.2, -0.15) is 0 Å². The Labute approximate surface area is 139 Å². The molecule has 2 heterocycles. The number of para-hydroxylation sites is 1. The molecule has 0 fully saturated rings. The zero-order valence-electron chi connectivity index (χ0n) is 13.2. The Bertz CT molecular complexity index is 1020. The molecule has 0 radical (unpaired) electrons. The Balaban J connectivity index is 1.91. The fourth-order valence-corrected chi connectivity index (χ4v) is 2.79. The maximum atomic E-state index is 5.90. The van der Waals surface area contributed by atoms with E-state index >= 15 is 0 Å². The van der Waals surface area contributed by atoms with Crippen molar-refractivity contribution in [1.29, 1.82) is 0 Å². The number of hydrogen-bond acceptors (Lipinski definition) is 4. The van der Waals surface area contributed by atoms with E-state index in [4.69, 9.17) is 10.5 Å². The van der Waals surface area contributed by atoms with Crippen molar-refractivity contribution < 1.29 is 4.74 Å². The Morgan fingerprint density at radius 1 is 0.917 bits per heavy atom. The highest BCUT2D eigenvalue weighted by Gasteiger charge is 2.13. The molecule has 0 unspecified atom stereocenters. The van der Waals surface area contributed by atoms with Crippen LogP contribution in [0.1, 0.15) is 0 Å². The zero-order valence-corrected chi connectivity index (χ0v) is 13.2. The molecule has 0 saturated carbocycles. The first-order valence-corrected chi connectivity index (χ1v) is 7.60. The summed E-state index contributed by atoms with van der Waals surface area (Å²) in [5.41, 5.74) is 10.4. The summed E-state index contributed by atoms with van der Waals surface area (Å²) in [6.45, 7) is 0. The molecule has 0 atom stereocenters. The third kappa shape index (κ3) is 2.36. The summed E-state index contributed by atoms with van der Waals surface area (Å²) in [6.07, 6.45) is 2.02. The van der Waals surface area contributed by atoms with Gasteiger partial charge in [-0.25, -0.2) is 0 Å². The first-order chi connectivity index (χ1) is 11.8. The summed E-state index contributed by atoms with van der Waals surface area (Å²) >= 11 is 0. The van der Waals surface area contributed by atoms with Crippen LogP contribution < -0.4 is 10.5 Å². The minimum Gasteiger partial charge on any atom is -0.496 e. The second-order valence-electron chi connectivity index (χ2n) is 5.50. The van der Waals surface area contributed by atoms with E-state index < -0.39 is 0 Å². The van der Waals surface area contributed by atoms with Crippen LogP contribution in [-0.4, -0.2) is 21.7 Å². The van der Waals surface area contributed by atoms with Gasteiger partial charge in [0.2, 0.25) is 0 Å². The van der Waals surface area contributed by atoms with Crippen molar-refractivity contribution in [1.82, 2.24) is 14.6 Å². The molecule has 2 N–H and O–H groups in total. The first kappa shape index (κ1) is 14.3. The topological polar surface area (TPSA) is 65.4 Å². The molecule has 2 aromatic carbocycles. The van der Waals surface area contributed by atoms with E-state index in [0.717, 1.165) is 39.6 Å². The van der Waals surface area contributed by atoms with Gasteiger partial charge in [-0.15, -0.1) is 10.2 Å². The van der Waals surface area contributed by atoms with Gasteiger partial charge in [-0.1, -0.05) is 24.3 Å². The summed E-state index contributed by atoms with van der Waals surface area (Å²) in [4.78, 5) is 0. The van der Waals surface area contributed by atoms with Crippen molar-refractivity contribution in [3.63, 3.8) is 0 Å². The Morgan fingerprint density at radius 3 is 2.62 bits per heavy atom. The number of anilines is 1. The van der Waals surface area contributed by atoms with Gasteiger partial charge < -0.3 is 10.5 Å². The van der Waals surface area contributed by atoms with E-state index in [1.54, 1.807) is 7.11 Å². The monoisotopic (exact) mass is 316 g/mol. The molecule has 0 bridgehead atoms. The highest BCUT2D eigenvalue weighted by atomic mass is 16.5. The van der Waals surface area contributed by atoms with Crippen molar-refractivity contribution in [2.45, 2.75) is 0 Å². The number of pyridine rings is 1. The van der Waals surface area contributed by atoms with Crippen molar-refractivity contribution in [3.05, 3.63) is 66.9 Å². The number of aromatic nitrogens is 3. The van der Waals surface area contributed by atoms with Crippen LogP contribution in [-0.2, 0) is 0 Å². The smallest absolute Gasteiger partial charge is 0.172 e. The van der Waals surface area contributed by atoms with E-state index in [2.05, 4.69) is 10.2 Å². The molecule has 0 aliphatic carbocycles. The fraction of sp³-hybridized carbons (Fsp3) is 0.0526. The van der Waals surface area contributed by atoms with E-state index in [0.29, 0.717) is 0 Å². The molecule has 118 valence electrons. The van der Waals surface area contributed by atoms with E-state index in [1.165, 1.54) is 0 Å². The number of ether oxygens (including phenoxy) is 1. The quantitative estimate of drug-likeness (QED) is 0.586. The van der Waals surface area contributed by atoms with Gasteiger partial charge in [-0.05, 0) is 47.5 Å². The standard InChI is InChI=1S/C19H16N4O/c1-24-17-8-3-2-7-16(17)19-22-21-18-10-9-14(12-23(18)19)13-5-4-6-15(20)11-13/h2-12H,20H2,1H3. The highest BCUT2D eigenvalue weighted by Crippen LogP contribution is 2.30. The SMILES string of the molecule is COc1ccccc1-c1nnc2ccc(-c3cccc(N)c3)cn12. The van der Waals surface area contributed by atoms with Crippen LogP contribution in [0.5, 0.6) is 5.75 Å². The summed E-state index contributed by atoms with van der Waals surface area (Å²) in [5, 5.41) is 8.59. The van der Waals surface area contributed by atoms with Crippen LogP contribution in [0, 0.1) is 0 Å². The van der Waals surface area contributed by atoms with Crippen LogP contribution >= 0.6 is 0 Å². The molecular weight excluding hydrogens is 300 g/mol. The molecule has 4 rings (SSSR count). The lowest BCUT2D eigenvalue weighted by Crippen LogP contribution is -1.94. The summed E-state index contributed by atoms with van der Waals surface area (Å²) in [7, 11) is 1.65. The molecule has 2 aromatic heterocycles. The second kappa shape index (κ2) is 5.70. The van der Waals surface area contributed by atoms with Gasteiger partial charge in [0, 0.05) is 11.9 Å². The van der Waals surface area contributed by atoms with Crippen LogP contribution in [0.15, 0.2) is 66.9 Å². The second-order valence-corrected chi connectivity index (χ2v) is 5.50. The first-order valence-electron chi connectivity index (χ1n) is 7.60. The third-order valence-corrected chi connectivity index (χ3v) is 3.97. The molecule has 0 amide bonds. The fourth-order valence-electron chi connectivity index (χ4n) is 2.79. The van der Waals surface area contributed by atoms with Crippen molar-refractivity contribution >= 4 is 11.3 Å². The maximum absolute atomic E-state index is 5.90. The minimum absolute atomic E-state index is 0.737. The molecule has 24 heavy (non-hydrogen) atoms. The average molecular weight is 316 g/mol. The number of hydrogen-bond donors (Lipinski definition) is 1. The molecular formula is C19H16N4O. The number of nitrogens with two attached hydrogens (primary N) is 1. The molecule has 5 heteroatoms.